The fourth-order valence-electron chi connectivity index (χ4n) is 1.39. The summed E-state index contributed by atoms with van der Waals surface area (Å²) in [4.78, 5) is 2.54. The number of azide groups is 1. The number of hydrogen-bond donors (Lipinski definition) is 4. The number of hydrogen-bond acceptors (Lipinski definition) is 5. The standard InChI is InChI=1S/C6H12N4O3/c7-10-8-1-3-5(12)6(13)4(2-11)9-3/h3-6,9,11-13H,1-2H2/t3-,4-,5-,6-/m1/s1. The van der Waals surface area contributed by atoms with Crippen molar-refractivity contribution in [2.75, 3.05) is 13.2 Å². The number of nitrogens with one attached hydrogen (secondary N) is 1. The summed E-state index contributed by atoms with van der Waals surface area (Å²) in [5, 5.41) is 33.5. The lowest BCUT2D eigenvalue weighted by molar-refractivity contribution is 0.0205. The van der Waals surface area contributed by atoms with Crippen molar-refractivity contribution in [1.82, 2.24) is 5.32 Å². The Morgan fingerprint density at radius 1 is 1.31 bits per heavy atom. The molecule has 1 saturated heterocycles. The molecular formula is C6H12N4O3. The largest absolute Gasteiger partial charge is 0.395 e. The maximum Gasteiger partial charge on any atom is 0.0989 e. The van der Waals surface area contributed by atoms with E-state index in [4.69, 9.17) is 10.6 Å². The molecule has 1 aliphatic heterocycles. The minimum absolute atomic E-state index is 0.0607. The highest BCUT2D eigenvalue weighted by Crippen LogP contribution is 2.14. The van der Waals surface area contributed by atoms with Gasteiger partial charge in [0.2, 0.25) is 0 Å². The first kappa shape index (κ1) is 10.2. The van der Waals surface area contributed by atoms with Crippen molar-refractivity contribution < 1.29 is 15.3 Å². The first-order chi connectivity index (χ1) is 6.20. The lowest BCUT2D eigenvalue weighted by Crippen LogP contribution is -2.37. The summed E-state index contributed by atoms with van der Waals surface area (Å²) in [5.74, 6) is 0. The highest BCUT2D eigenvalue weighted by molar-refractivity contribution is 4.98. The number of aliphatic hydroxyl groups excluding tert-OH is 3. The van der Waals surface area contributed by atoms with Crippen molar-refractivity contribution in [2.45, 2.75) is 24.3 Å². The van der Waals surface area contributed by atoms with E-state index in [0.717, 1.165) is 0 Å². The van der Waals surface area contributed by atoms with Gasteiger partial charge in [0.25, 0.3) is 0 Å². The zero-order valence-electron chi connectivity index (χ0n) is 6.91. The van der Waals surface area contributed by atoms with Gasteiger partial charge < -0.3 is 20.6 Å². The lowest BCUT2D eigenvalue weighted by Gasteiger charge is -2.12. The van der Waals surface area contributed by atoms with Crippen LogP contribution in [0.2, 0.25) is 0 Å². The summed E-state index contributed by atoms with van der Waals surface area (Å²) in [6, 6.07) is -1.03. The molecule has 1 heterocycles. The Labute approximate surface area is 74.6 Å². The molecular weight excluding hydrogens is 176 g/mol. The van der Waals surface area contributed by atoms with Gasteiger partial charge in [-0.05, 0) is 5.53 Å². The predicted octanol–water partition coefficient (Wildman–Crippen LogP) is -1.65. The van der Waals surface area contributed by atoms with Crippen molar-refractivity contribution in [2.24, 2.45) is 5.11 Å². The van der Waals surface area contributed by atoms with Crippen LogP contribution in [0.1, 0.15) is 0 Å². The van der Waals surface area contributed by atoms with Crippen LogP contribution in [-0.2, 0) is 0 Å². The summed E-state index contributed by atoms with van der Waals surface area (Å²) in [6.07, 6.45) is -2.01. The highest BCUT2D eigenvalue weighted by Gasteiger charge is 2.39. The SMILES string of the molecule is [N-]=[N+]=NC[C@H]1N[C@H](CO)[C@@H](O)[C@@H]1O. The van der Waals surface area contributed by atoms with Gasteiger partial charge in [0, 0.05) is 17.5 Å². The Morgan fingerprint density at radius 3 is 2.38 bits per heavy atom. The van der Waals surface area contributed by atoms with Gasteiger partial charge in [0.1, 0.15) is 0 Å². The normalized spacial score (nSPS) is 38.7. The van der Waals surface area contributed by atoms with Gasteiger partial charge in [-0.25, -0.2) is 0 Å². The molecule has 0 amide bonds. The Hall–Kier alpha value is -0.850. The number of aliphatic hydroxyl groups is 3. The molecule has 0 aromatic rings. The van der Waals surface area contributed by atoms with Crippen LogP contribution >= 0.6 is 0 Å². The van der Waals surface area contributed by atoms with Gasteiger partial charge in [-0.3, -0.25) is 0 Å². The molecule has 1 rings (SSSR count). The van der Waals surface area contributed by atoms with Gasteiger partial charge in [-0.1, -0.05) is 5.11 Å². The second kappa shape index (κ2) is 4.40. The molecule has 0 unspecified atom stereocenters. The van der Waals surface area contributed by atoms with Crippen molar-refractivity contribution in [3.05, 3.63) is 10.4 Å². The van der Waals surface area contributed by atoms with Crippen LogP contribution in [0.3, 0.4) is 0 Å². The van der Waals surface area contributed by atoms with Crippen LogP contribution in [0.25, 0.3) is 10.4 Å². The van der Waals surface area contributed by atoms with Gasteiger partial charge in [0.15, 0.2) is 0 Å². The van der Waals surface area contributed by atoms with Crippen molar-refractivity contribution in [3.63, 3.8) is 0 Å². The van der Waals surface area contributed by atoms with Crippen molar-refractivity contribution in [3.8, 4) is 0 Å². The molecule has 0 radical (unpaired) electrons. The molecule has 0 aromatic carbocycles. The molecule has 0 bridgehead atoms. The van der Waals surface area contributed by atoms with Crippen molar-refractivity contribution in [1.29, 1.82) is 0 Å². The highest BCUT2D eigenvalue weighted by atomic mass is 16.3. The average Bonchev–Trinajstić information content (AvgIpc) is 2.41. The summed E-state index contributed by atoms with van der Waals surface area (Å²) >= 11 is 0. The van der Waals surface area contributed by atoms with Crippen LogP contribution in [-0.4, -0.2) is 52.8 Å². The van der Waals surface area contributed by atoms with E-state index in [9.17, 15) is 10.2 Å². The first-order valence-corrected chi connectivity index (χ1v) is 3.94. The minimum Gasteiger partial charge on any atom is -0.395 e. The molecule has 7 heteroatoms. The number of rotatable bonds is 3. The summed E-state index contributed by atoms with van der Waals surface area (Å²) < 4.78 is 0. The monoisotopic (exact) mass is 188 g/mol. The Bertz CT molecular complexity index is 218. The Morgan fingerprint density at radius 2 is 1.92 bits per heavy atom. The third kappa shape index (κ3) is 2.09. The van der Waals surface area contributed by atoms with Crippen LogP contribution in [0, 0.1) is 0 Å². The fraction of sp³-hybridized carbons (Fsp3) is 1.00. The molecule has 0 aromatic heterocycles. The molecule has 1 aliphatic rings. The summed E-state index contributed by atoms with van der Waals surface area (Å²) in [5.41, 5.74) is 8.04. The van der Waals surface area contributed by atoms with Gasteiger partial charge >= 0.3 is 0 Å². The zero-order valence-corrected chi connectivity index (χ0v) is 6.91. The van der Waals surface area contributed by atoms with E-state index in [-0.39, 0.29) is 13.2 Å². The van der Waals surface area contributed by atoms with E-state index in [1.54, 1.807) is 0 Å². The molecule has 13 heavy (non-hydrogen) atoms. The van der Waals surface area contributed by atoms with Crippen LogP contribution in [0.15, 0.2) is 5.11 Å². The van der Waals surface area contributed by atoms with E-state index < -0.39 is 24.3 Å². The lowest BCUT2D eigenvalue weighted by atomic mass is 10.1. The summed E-state index contributed by atoms with van der Waals surface area (Å²) in [6.45, 7) is -0.198. The maximum atomic E-state index is 9.38. The van der Waals surface area contributed by atoms with Gasteiger partial charge in [0.05, 0.1) is 24.9 Å². The Kier molecular flexibility index (Phi) is 3.47. The zero-order chi connectivity index (χ0) is 9.84. The van der Waals surface area contributed by atoms with E-state index in [1.807, 2.05) is 0 Å². The topological polar surface area (TPSA) is 121 Å². The Balaban J connectivity index is 2.54. The van der Waals surface area contributed by atoms with E-state index in [0.29, 0.717) is 0 Å². The molecule has 0 aliphatic carbocycles. The quantitative estimate of drug-likeness (QED) is 0.241. The van der Waals surface area contributed by atoms with Gasteiger partial charge in [-0.2, -0.15) is 0 Å². The van der Waals surface area contributed by atoms with Crippen molar-refractivity contribution >= 4 is 0 Å². The second-order valence-corrected chi connectivity index (χ2v) is 2.96. The van der Waals surface area contributed by atoms with Crippen LogP contribution in [0.4, 0.5) is 0 Å². The molecule has 7 nitrogen and oxygen atoms in total. The average molecular weight is 188 g/mol. The molecule has 74 valence electrons. The third-order valence-corrected chi connectivity index (χ3v) is 2.14. The van der Waals surface area contributed by atoms with Gasteiger partial charge in [-0.15, -0.1) is 0 Å². The molecule has 0 saturated carbocycles. The smallest absolute Gasteiger partial charge is 0.0989 e. The van der Waals surface area contributed by atoms with E-state index >= 15 is 0 Å². The molecule has 1 fully saturated rings. The predicted molar refractivity (Wildman–Crippen MR) is 43.8 cm³/mol. The first-order valence-electron chi connectivity index (χ1n) is 3.94. The molecule has 4 atom stereocenters. The maximum absolute atomic E-state index is 9.38. The van der Waals surface area contributed by atoms with E-state index in [2.05, 4.69) is 15.3 Å². The second-order valence-electron chi connectivity index (χ2n) is 2.96. The number of nitrogens with zero attached hydrogens (tertiary/aromatic N) is 3. The third-order valence-electron chi connectivity index (χ3n) is 2.14. The molecule has 4 N–H and O–H groups in total. The molecule has 0 spiro atoms. The van der Waals surface area contributed by atoms with Crippen LogP contribution < -0.4 is 5.32 Å². The van der Waals surface area contributed by atoms with Crippen LogP contribution in [0.5, 0.6) is 0 Å². The van der Waals surface area contributed by atoms with E-state index in [1.165, 1.54) is 0 Å². The summed E-state index contributed by atoms with van der Waals surface area (Å²) in [7, 11) is 0. The minimum atomic E-state index is -1.01. The fourth-order valence-corrected chi connectivity index (χ4v) is 1.39.